The Morgan fingerprint density at radius 2 is 2.24 bits per heavy atom. The van der Waals surface area contributed by atoms with Crippen LogP contribution in [-0.4, -0.2) is 17.5 Å². The van der Waals surface area contributed by atoms with Gasteiger partial charge in [0.1, 0.15) is 5.75 Å². The molecule has 92 valence electrons. The van der Waals surface area contributed by atoms with E-state index < -0.39 is 0 Å². The Kier molecular flexibility index (Phi) is 4.02. The molecule has 1 aromatic rings. The average molecular weight is 233 g/mol. The second kappa shape index (κ2) is 5.71. The lowest BCUT2D eigenvalue weighted by Crippen LogP contribution is -2.12. The molecular weight excluding hydrogens is 214 g/mol. The summed E-state index contributed by atoms with van der Waals surface area (Å²) in [6, 6.07) is 6.09. The zero-order valence-electron chi connectivity index (χ0n) is 10.3. The molecule has 3 nitrogen and oxygen atoms in total. The zero-order valence-corrected chi connectivity index (χ0v) is 10.3. The summed E-state index contributed by atoms with van der Waals surface area (Å²) in [5, 5.41) is 12.4. The molecule has 0 heterocycles. The summed E-state index contributed by atoms with van der Waals surface area (Å²) in [6.07, 6.45) is 5.17. The van der Waals surface area contributed by atoms with Crippen molar-refractivity contribution < 1.29 is 9.94 Å². The normalized spacial score (nSPS) is 16.9. The number of hydrogen-bond acceptors (Lipinski definition) is 3. The van der Waals surface area contributed by atoms with Gasteiger partial charge in [-0.1, -0.05) is 24.6 Å². The molecule has 3 heteroatoms. The third-order valence-corrected chi connectivity index (χ3v) is 3.14. The molecule has 0 saturated heterocycles. The zero-order chi connectivity index (χ0) is 12.1. The summed E-state index contributed by atoms with van der Waals surface area (Å²) in [6.45, 7) is 2.90. The van der Waals surface area contributed by atoms with E-state index in [-0.39, 0.29) is 0 Å². The maximum Gasteiger partial charge on any atom is 0.119 e. The highest BCUT2D eigenvalue weighted by molar-refractivity contribution is 6.02. The van der Waals surface area contributed by atoms with Gasteiger partial charge in [-0.15, -0.1) is 0 Å². The molecule has 1 aliphatic carbocycles. The van der Waals surface area contributed by atoms with E-state index in [1.54, 1.807) is 0 Å². The van der Waals surface area contributed by atoms with Gasteiger partial charge in [0.2, 0.25) is 0 Å². The SMILES string of the molecule is CCCCOc1ccc2c(c1)/C(=N\O)CCC2. The van der Waals surface area contributed by atoms with E-state index in [1.165, 1.54) is 5.56 Å². The fourth-order valence-electron chi connectivity index (χ4n) is 2.15. The molecule has 0 fully saturated rings. The molecule has 17 heavy (non-hydrogen) atoms. The predicted molar refractivity (Wildman–Crippen MR) is 68.1 cm³/mol. The Bertz CT molecular complexity index is 413. The van der Waals surface area contributed by atoms with E-state index in [0.29, 0.717) is 0 Å². The largest absolute Gasteiger partial charge is 0.494 e. The molecule has 0 aromatic heterocycles. The van der Waals surface area contributed by atoms with Gasteiger partial charge in [0.15, 0.2) is 0 Å². The van der Waals surface area contributed by atoms with Crippen molar-refractivity contribution in [3.05, 3.63) is 29.3 Å². The average Bonchev–Trinajstić information content (AvgIpc) is 2.38. The quantitative estimate of drug-likeness (QED) is 0.492. The summed E-state index contributed by atoms with van der Waals surface area (Å²) < 4.78 is 5.67. The summed E-state index contributed by atoms with van der Waals surface area (Å²) in [7, 11) is 0. The van der Waals surface area contributed by atoms with Crippen LogP contribution in [0, 0.1) is 0 Å². The molecule has 1 N–H and O–H groups in total. The first-order chi connectivity index (χ1) is 8.35. The summed E-state index contributed by atoms with van der Waals surface area (Å²) in [4.78, 5) is 0. The van der Waals surface area contributed by atoms with Gasteiger partial charge in [-0.3, -0.25) is 0 Å². The van der Waals surface area contributed by atoms with Crippen LogP contribution in [0.3, 0.4) is 0 Å². The highest BCUT2D eigenvalue weighted by atomic mass is 16.5. The molecule has 1 aromatic carbocycles. The maximum absolute atomic E-state index is 8.99. The van der Waals surface area contributed by atoms with Crippen LogP contribution in [0.25, 0.3) is 0 Å². The van der Waals surface area contributed by atoms with Crippen LogP contribution in [0.5, 0.6) is 5.75 Å². The standard InChI is InChI=1S/C14H19NO2/c1-2-3-9-17-12-8-7-11-5-4-6-14(15-16)13(11)10-12/h7-8,10,16H,2-6,9H2,1H3/b15-14-. The number of benzene rings is 1. The molecule has 0 aliphatic heterocycles. The topological polar surface area (TPSA) is 41.8 Å². The van der Waals surface area contributed by atoms with Crippen molar-refractivity contribution >= 4 is 5.71 Å². The molecule has 0 spiro atoms. The molecule has 1 aliphatic rings. The Balaban J connectivity index is 2.16. The van der Waals surface area contributed by atoms with Gasteiger partial charge in [-0.05, 0) is 43.4 Å². The lowest BCUT2D eigenvalue weighted by molar-refractivity contribution is 0.309. The van der Waals surface area contributed by atoms with Gasteiger partial charge in [0.05, 0.1) is 12.3 Å². The maximum atomic E-state index is 8.99. The minimum absolute atomic E-state index is 0.751. The van der Waals surface area contributed by atoms with Crippen LogP contribution in [0.1, 0.15) is 43.7 Å². The number of ether oxygens (including phenoxy) is 1. The predicted octanol–water partition coefficient (Wildman–Crippen LogP) is 3.38. The smallest absolute Gasteiger partial charge is 0.119 e. The van der Waals surface area contributed by atoms with Crippen molar-refractivity contribution in [2.75, 3.05) is 6.61 Å². The van der Waals surface area contributed by atoms with E-state index in [1.807, 2.05) is 12.1 Å². The van der Waals surface area contributed by atoms with Crippen molar-refractivity contribution in [1.82, 2.24) is 0 Å². The van der Waals surface area contributed by atoms with Gasteiger partial charge in [0.25, 0.3) is 0 Å². The first-order valence-electron chi connectivity index (χ1n) is 6.32. The van der Waals surface area contributed by atoms with E-state index in [2.05, 4.69) is 18.1 Å². The van der Waals surface area contributed by atoms with E-state index >= 15 is 0 Å². The minimum Gasteiger partial charge on any atom is -0.494 e. The molecular formula is C14H19NO2. The van der Waals surface area contributed by atoms with E-state index in [9.17, 15) is 0 Å². The Morgan fingerprint density at radius 3 is 3.00 bits per heavy atom. The van der Waals surface area contributed by atoms with Gasteiger partial charge < -0.3 is 9.94 Å². The van der Waals surface area contributed by atoms with Gasteiger partial charge in [-0.2, -0.15) is 0 Å². The highest BCUT2D eigenvalue weighted by Gasteiger charge is 2.16. The van der Waals surface area contributed by atoms with Crippen molar-refractivity contribution in [1.29, 1.82) is 0 Å². The Hall–Kier alpha value is -1.51. The molecule has 0 bridgehead atoms. The van der Waals surface area contributed by atoms with Gasteiger partial charge >= 0.3 is 0 Å². The number of oxime groups is 1. The molecule has 0 radical (unpaired) electrons. The Morgan fingerprint density at radius 1 is 1.35 bits per heavy atom. The highest BCUT2D eigenvalue weighted by Crippen LogP contribution is 2.26. The number of fused-ring (bicyclic) bond motifs is 1. The third-order valence-electron chi connectivity index (χ3n) is 3.14. The van der Waals surface area contributed by atoms with Crippen molar-refractivity contribution in [3.63, 3.8) is 0 Å². The summed E-state index contributed by atoms with van der Waals surface area (Å²) in [5.74, 6) is 0.875. The number of hydrogen-bond donors (Lipinski definition) is 1. The summed E-state index contributed by atoms with van der Waals surface area (Å²) in [5.41, 5.74) is 3.09. The van der Waals surface area contributed by atoms with Crippen LogP contribution in [0.4, 0.5) is 0 Å². The van der Waals surface area contributed by atoms with Crippen molar-refractivity contribution in [2.45, 2.75) is 39.0 Å². The molecule has 0 atom stereocenters. The number of unbranched alkanes of at least 4 members (excludes halogenated alkanes) is 1. The number of nitrogens with zero attached hydrogens (tertiary/aromatic N) is 1. The van der Waals surface area contributed by atoms with Crippen LogP contribution >= 0.6 is 0 Å². The monoisotopic (exact) mass is 233 g/mol. The first kappa shape index (κ1) is 12.0. The molecule has 0 amide bonds. The van der Waals surface area contributed by atoms with E-state index in [4.69, 9.17) is 9.94 Å². The third kappa shape index (κ3) is 2.78. The number of aryl methyl sites for hydroxylation is 1. The van der Waals surface area contributed by atoms with Crippen LogP contribution in [-0.2, 0) is 6.42 Å². The van der Waals surface area contributed by atoms with Gasteiger partial charge in [-0.25, -0.2) is 0 Å². The van der Waals surface area contributed by atoms with Crippen molar-refractivity contribution in [2.24, 2.45) is 5.16 Å². The lowest BCUT2D eigenvalue weighted by Gasteiger charge is -2.17. The van der Waals surface area contributed by atoms with Crippen LogP contribution < -0.4 is 4.74 Å². The number of rotatable bonds is 4. The first-order valence-corrected chi connectivity index (χ1v) is 6.32. The Labute approximate surface area is 102 Å². The van der Waals surface area contributed by atoms with Crippen LogP contribution in [0.2, 0.25) is 0 Å². The molecule has 2 rings (SSSR count). The second-order valence-corrected chi connectivity index (χ2v) is 4.42. The molecule has 0 saturated carbocycles. The molecule has 0 unspecified atom stereocenters. The second-order valence-electron chi connectivity index (χ2n) is 4.42. The van der Waals surface area contributed by atoms with Crippen LogP contribution in [0.15, 0.2) is 23.4 Å². The van der Waals surface area contributed by atoms with Gasteiger partial charge in [0, 0.05) is 5.56 Å². The fourth-order valence-corrected chi connectivity index (χ4v) is 2.15. The summed E-state index contributed by atoms with van der Waals surface area (Å²) >= 11 is 0. The lowest BCUT2D eigenvalue weighted by atomic mass is 9.90. The minimum atomic E-state index is 0.751. The van der Waals surface area contributed by atoms with Crippen molar-refractivity contribution in [3.8, 4) is 5.75 Å². The van der Waals surface area contributed by atoms with E-state index in [0.717, 1.165) is 55.7 Å². The fraction of sp³-hybridized carbons (Fsp3) is 0.500.